The fourth-order valence-electron chi connectivity index (χ4n) is 1.80. The normalized spacial score (nSPS) is 10.5. The molecule has 23 heavy (non-hydrogen) atoms. The van der Waals surface area contributed by atoms with Gasteiger partial charge in [0.1, 0.15) is 16.5 Å². The van der Waals surface area contributed by atoms with Crippen molar-refractivity contribution >= 4 is 39.8 Å². The van der Waals surface area contributed by atoms with Gasteiger partial charge in [-0.15, -0.1) is 0 Å². The van der Waals surface area contributed by atoms with Crippen molar-refractivity contribution in [2.24, 2.45) is 0 Å². The lowest BCUT2D eigenvalue weighted by atomic mass is 10.3. The second kappa shape index (κ2) is 6.05. The Labute approximate surface area is 134 Å². The minimum atomic E-state index is -0.441. The zero-order valence-corrected chi connectivity index (χ0v) is 12.8. The molecule has 7 nitrogen and oxygen atoms in total. The van der Waals surface area contributed by atoms with E-state index in [1.54, 1.807) is 25.1 Å². The summed E-state index contributed by atoms with van der Waals surface area (Å²) in [6.45, 7) is 1.74. The number of aryl methyl sites for hydroxylation is 1. The number of nitrogen functional groups attached to an aromatic ring is 1. The van der Waals surface area contributed by atoms with Crippen LogP contribution in [-0.4, -0.2) is 16.0 Å². The molecule has 0 aliphatic rings. The third kappa shape index (κ3) is 3.46. The monoisotopic (exact) mass is 333 g/mol. The number of halogens is 1. The van der Waals surface area contributed by atoms with Crippen molar-refractivity contribution in [3.63, 3.8) is 0 Å². The molecule has 4 N–H and O–H groups in total. The fourth-order valence-corrected chi connectivity index (χ4v) is 2.60. The first-order valence-electron chi connectivity index (χ1n) is 6.55. The SMILES string of the molecule is Cc1cc(NC(=O)c2sc(Nc3ccc(F)cc3)nc2N)on1. The number of hydrogen-bond donors (Lipinski definition) is 3. The van der Waals surface area contributed by atoms with Crippen LogP contribution < -0.4 is 16.4 Å². The molecule has 3 aromatic rings. The minimum absolute atomic E-state index is 0.0911. The zero-order chi connectivity index (χ0) is 16.4. The van der Waals surface area contributed by atoms with Gasteiger partial charge >= 0.3 is 0 Å². The number of carbonyl (C=O) groups excluding carboxylic acids is 1. The lowest BCUT2D eigenvalue weighted by Crippen LogP contribution is -2.11. The maximum absolute atomic E-state index is 12.9. The van der Waals surface area contributed by atoms with Gasteiger partial charge in [0.15, 0.2) is 5.13 Å². The Bertz CT molecular complexity index is 843. The van der Waals surface area contributed by atoms with Gasteiger partial charge in [-0.1, -0.05) is 16.5 Å². The van der Waals surface area contributed by atoms with Crippen molar-refractivity contribution in [3.8, 4) is 0 Å². The maximum atomic E-state index is 12.9. The Morgan fingerprint density at radius 1 is 1.35 bits per heavy atom. The number of rotatable bonds is 4. The molecule has 3 rings (SSSR count). The molecule has 0 saturated heterocycles. The second-order valence-electron chi connectivity index (χ2n) is 4.65. The van der Waals surface area contributed by atoms with Gasteiger partial charge in [-0.2, -0.15) is 0 Å². The summed E-state index contributed by atoms with van der Waals surface area (Å²) < 4.78 is 17.8. The van der Waals surface area contributed by atoms with E-state index >= 15 is 0 Å². The average molecular weight is 333 g/mol. The Morgan fingerprint density at radius 3 is 2.74 bits per heavy atom. The van der Waals surface area contributed by atoms with Crippen LogP contribution in [0.2, 0.25) is 0 Å². The van der Waals surface area contributed by atoms with Crippen LogP contribution in [0.1, 0.15) is 15.4 Å². The number of nitrogens with one attached hydrogen (secondary N) is 2. The Hall–Kier alpha value is -2.94. The Morgan fingerprint density at radius 2 is 2.09 bits per heavy atom. The van der Waals surface area contributed by atoms with Crippen molar-refractivity contribution in [3.05, 3.63) is 46.7 Å². The molecule has 0 fully saturated rings. The summed E-state index contributed by atoms with van der Waals surface area (Å²) in [6.07, 6.45) is 0. The Kier molecular flexibility index (Phi) is 3.94. The van der Waals surface area contributed by atoms with Gasteiger partial charge in [0.25, 0.3) is 5.91 Å². The van der Waals surface area contributed by atoms with E-state index in [9.17, 15) is 9.18 Å². The predicted octanol–water partition coefficient (Wildman–Crippen LogP) is 3.16. The number of amides is 1. The number of anilines is 4. The predicted molar refractivity (Wildman–Crippen MR) is 85.4 cm³/mol. The van der Waals surface area contributed by atoms with Crippen molar-refractivity contribution in [1.29, 1.82) is 0 Å². The van der Waals surface area contributed by atoms with Crippen molar-refractivity contribution in [1.82, 2.24) is 10.1 Å². The van der Waals surface area contributed by atoms with Gasteiger partial charge in [-0.25, -0.2) is 9.37 Å². The smallest absolute Gasteiger partial charge is 0.272 e. The fraction of sp³-hybridized carbons (Fsp3) is 0.0714. The van der Waals surface area contributed by atoms with Gasteiger partial charge in [-0.3, -0.25) is 10.1 Å². The molecule has 0 spiro atoms. The third-order valence-corrected chi connectivity index (χ3v) is 3.81. The van der Waals surface area contributed by atoms with E-state index in [2.05, 4.69) is 20.8 Å². The van der Waals surface area contributed by atoms with Crippen molar-refractivity contribution in [2.75, 3.05) is 16.4 Å². The van der Waals surface area contributed by atoms with Gasteiger partial charge in [0, 0.05) is 11.8 Å². The number of carbonyl (C=O) groups is 1. The number of nitrogens with zero attached hydrogens (tertiary/aromatic N) is 2. The van der Waals surface area contributed by atoms with Crippen LogP contribution in [0.25, 0.3) is 0 Å². The summed E-state index contributed by atoms with van der Waals surface area (Å²) in [6, 6.07) is 7.35. The van der Waals surface area contributed by atoms with Crippen LogP contribution in [0.5, 0.6) is 0 Å². The van der Waals surface area contributed by atoms with E-state index in [1.807, 2.05) is 0 Å². The summed E-state index contributed by atoms with van der Waals surface area (Å²) in [7, 11) is 0. The van der Waals surface area contributed by atoms with E-state index in [0.717, 1.165) is 11.3 Å². The minimum Gasteiger partial charge on any atom is -0.382 e. The summed E-state index contributed by atoms with van der Waals surface area (Å²) in [5.41, 5.74) is 7.06. The molecular formula is C14H12FN5O2S. The van der Waals surface area contributed by atoms with Crippen molar-refractivity contribution in [2.45, 2.75) is 6.92 Å². The molecule has 0 radical (unpaired) electrons. The van der Waals surface area contributed by atoms with Crippen molar-refractivity contribution < 1.29 is 13.7 Å². The Balaban J connectivity index is 1.74. The summed E-state index contributed by atoms with van der Waals surface area (Å²) in [5, 5.41) is 9.61. The topological polar surface area (TPSA) is 106 Å². The maximum Gasteiger partial charge on any atom is 0.272 e. The van der Waals surface area contributed by atoms with E-state index in [-0.39, 0.29) is 22.4 Å². The molecule has 0 atom stereocenters. The molecule has 9 heteroatoms. The molecule has 0 bridgehead atoms. The average Bonchev–Trinajstić information content (AvgIpc) is 3.07. The molecular weight excluding hydrogens is 321 g/mol. The number of thiazole rings is 1. The number of aromatic nitrogens is 2. The first-order valence-corrected chi connectivity index (χ1v) is 7.36. The highest BCUT2D eigenvalue weighted by atomic mass is 32.1. The lowest BCUT2D eigenvalue weighted by Gasteiger charge is -2.01. The van der Waals surface area contributed by atoms with E-state index in [1.165, 1.54) is 12.1 Å². The molecule has 2 aromatic heterocycles. The lowest BCUT2D eigenvalue weighted by molar-refractivity contribution is 0.102. The first-order chi connectivity index (χ1) is 11.0. The van der Waals surface area contributed by atoms with E-state index < -0.39 is 5.91 Å². The molecule has 2 heterocycles. The van der Waals surface area contributed by atoms with Gasteiger partial charge < -0.3 is 15.6 Å². The van der Waals surface area contributed by atoms with Crippen LogP contribution in [0.4, 0.5) is 26.9 Å². The van der Waals surface area contributed by atoms with Crippen LogP contribution in [0.3, 0.4) is 0 Å². The molecule has 0 aliphatic carbocycles. The first kappa shape index (κ1) is 15.0. The molecule has 0 saturated carbocycles. The highest BCUT2D eigenvalue weighted by Crippen LogP contribution is 2.28. The molecule has 0 unspecified atom stereocenters. The van der Waals surface area contributed by atoms with Gasteiger partial charge in [0.05, 0.1) is 5.69 Å². The van der Waals surface area contributed by atoms with Gasteiger partial charge in [0.2, 0.25) is 5.88 Å². The standard InChI is InChI=1S/C14H12FN5O2S/c1-7-6-10(22-20-7)18-13(21)11-12(16)19-14(23-11)17-9-4-2-8(15)3-5-9/h2-6H,16H2,1H3,(H,17,19)(H,18,21). The highest BCUT2D eigenvalue weighted by molar-refractivity contribution is 7.18. The van der Waals surface area contributed by atoms with Crippen LogP contribution in [-0.2, 0) is 0 Å². The van der Waals surface area contributed by atoms with Crippen LogP contribution in [0.15, 0.2) is 34.9 Å². The molecule has 118 valence electrons. The summed E-state index contributed by atoms with van der Waals surface area (Å²) in [5.74, 6) is -0.457. The highest BCUT2D eigenvalue weighted by Gasteiger charge is 2.18. The largest absolute Gasteiger partial charge is 0.382 e. The quantitative estimate of drug-likeness (QED) is 0.677. The molecule has 1 amide bonds. The van der Waals surface area contributed by atoms with E-state index in [4.69, 9.17) is 10.3 Å². The number of hydrogen-bond acceptors (Lipinski definition) is 7. The second-order valence-corrected chi connectivity index (χ2v) is 5.65. The van der Waals surface area contributed by atoms with Gasteiger partial charge in [-0.05, 0) is 31.2 Å². The third-order valence-electron chi connectivity index (χ3n) is 2.82. The van der Waals surface area contributed by atoms with Crippen LogP contribution in [0, 0.1) is 12.7 Å². The van der Waals surface area contributed by atoms with E-state index in [0.29, 0.717) is 16.5 Å². The molecule has 0 aliphatic heterocycles. The summed E-state index contributed by atoms with van der Waals surface area (Å²) >= 11 is 1.08. The zero-order valence-electron chi connectivity index (χ0n) is 12.0. The summed E-state index contributed by atoms with van der Waals surface area (Å²) in [4.78, 5) is 16.5. The number of nitrogens with two attached hydrogens (primary N) is 1. The number of benzene rings is 1. The van der Waals surface area contributed by atoms with Crippen LogP contribution >= 0.6 is 11.3 Å². The molecule has 1 aromatic carbocycles.